The Morgan fingerprint density at radius 3 is 2.75 bits per heavy atom. The molecule has 1 aliphatic heterocycles. The molecule has 0 aliphatic carbocycles. The largest absolute Gasteiger partial charge is 0.507 e. The second-order valence-electron chi connectivity index (χ2n) is 5.33. The molecule has 0 spiro atoms. The van der Waals surface area contributed by atoms with Crippen molar-refractivity contribution in [2.75, 3.05) is 13.9 Å². The van der Waals surface area contributed by atoms with Gasteiger partial charge in [0, 0.05) is 23.2 Å². The van der Waals surface area contributed by atoms with Crippen LogP contribution in [0.3, 0.4) is 0 Å². The highest BCUT2D eigenvalue weighted by atomic mass is 16.7. The molecule has 24 heavy (non-hydrogen) atoms. The van der Waals surface area contributed by atoms with E-state index in [9.17, 15) is 9.90 Å². The summed E-state index contributed by atoms with van der Waals surface area (Å²) < 4.78 is 15.8. The first-order valence-electron chi connectivity index (χ1n) is 7.27. The number of ketones is 1. The quantitative estimate of drug-likeness (QED) is 0.747. The SMILES string of the molecule is COc1ccc(O)c(C(=O)c2cnc3cc4c(cc3c2)OCO4)c1. The van der Waals surface area contributed by atoms with Crippen LogP contribution < -0.4 is 14.2 Å². The van der Waals surface area contributed by atoms with Crippen LogP contribution in [0.2, 0.25) is 0 Å². The summed E-state index contributed by atoms with van der Waals surface area (Å²) in [7, 11) is 1.50. The number of pyridine rings is 1. The van der Waals surface area contributed by atoms with Gasteiger partial charge in [-0.2, -0.15) is 0 Å². The van der Waals surface area contributed by atoms with Crippen LogP contribution in [-0.4, -0.2) is 29.8 Å². The van der Waals surface area contributed by atoms with E-state index in [2.05, 4.69) is 4.98 Å². The molecule has 2 aromatic carbocycles. The molecule has 1 N–H and O–H groups in total. The van der Waals surface area contributed by atoms with Gasteiger partial charge in [0.15, 0.2) is 17.3 Å². The number of phenols is 1. The Morgan fingerprint density at radius 1 is 1.17 bits per heavy atom. The minimum Gasteiger partial charge on any atom is -0.507 e. The van der Waals surface area contributed by atoms with E-state index >= 15 is 0 Å². The predicted octanol–water partition coefficient (Wildman–Crippen LogP) is 2.91. The Morgan fingerprint density at radius 2 is 1.96 bits per heavy atom. The average molecular weight is 323 g/mol. The molecule has 3 aromatic rings. The molecular weight excluding hydrogens is 310 g/mol. The molecule has 1 aromatic heterocycles. The highest BCUT2D eigenvalue weighted by Crippen LogP contribution is 2.36. The fraction of sp³-hybridized carbons (Fsp3) is 0.111. The maximum absolute atomic E-state index is 12.7. The smallest absolute Gasteiger partial charge is 0.231 e. The van der Waals surface area contributed by atoms with Gasteiger partial charge in [-0.05, 0) is 30.3 Å². The number of carbonyl (C=O) groups is 1. The van der Waals surface area contributed by atoms with Gasteiger partial charge in [0.25, 0.3) is 0 Å². The van der Waals surface area contributed by atoms with E-state index in [1.54, 1.807) is 24.3 Å². The number of hydrogen-bond acceptors (Lipinski definition) is 6. The lowest BCUT2D eigenvalue weighted by atomic mass is 10.0. The van der Waals surface area contributed by atoms with Crippen LogP contribution in [0.5, 0.6) is 23.0 Å². The van der Waals surface area contributed by atoms with Crippen molar-refractivity contribution in [3.05, 3.63) is 53.7 Å². The number of aromatic nitrogens is 1. The van der Waals surface area contributed by atoms with Gasteiger partial charge in [-0.15, -0.1) is 0 Å². The number of fused-ring (bicyclic) bond motifs is 2. The molecule has 0 unspecified atom stereocenters. The number of aromatic hydroxyl groups is 1. The van der Waals surface area contributed by atoms with Crippen molar-refractivity contribution in [3.63, 3.8) is 0 Å². The molecule has 0 radical (unpaired) electrons. The molecule has 0 saturated heterocycles. The van der Waals surface area contributed by atoms with Crippen molar-refractivity contribution in [1.82, 2.24) is 4.98 Å². The van der Waals surface area contributed by atoms with Crippen molar-refractivity contribution in [2.45, 2.75) is 0 Å². The van der Waals surface area contributed by atoms with E-state index in [4.69, 9.17) is 14.2 Å². The molecule has 0 amide bonds. The van der Waals surface area contributed by atoms with Crippen LogP contribution in [0.4, 0.5) is 0 Å². The second kappa shape index (κ2) is 5.42. The third-order valence-electron chi connectivity index (χ3n) is 3.89. The summed E-state index contributed by atoms with van der Waals surface area (Å²) in [6, 6.07) is 9.79. The zero-order valence-corrected chi connectivity index (χ0v) is 12.8. The van der Waals surface area contributed by atoms with Crippen LogP contribution in [0.1, 0.15) is 15.9 Å². The molecule has 4 rings (SSSR count). The van der Waals surface area contributed by atoms with Gasteiger partial charge in [0.05, 0.1) is 18.2 Å². The molecule has 0 bridgehead atoms. The summed E-state index contributed by atoms with van der Waals surface area (Å²) in [4.78, 5) is 17.0. The van der Waals surface area contributed by atoms with Crippen LogP contribution in [-0.2, 0) is 0 Å². The number of nitrogens with zero attached hydrogens (tertiary/aromatic N) is 1. The van der Waals surface area contributed by atoms with E-state index in [0.29, 0.717) is 28.3 Å². The fourth-order valence-electron chi connectivity index (χ4n) is 2.62. The van der Waals surface area contributed by atoms with E-state index in [1.165, 1.54) is 25.4 Å². The Kier molecular flexibility index (Phi) is 3.23. The summed E-state index contributed by atoms with van der Waals surface area (Å²) in [6.07, 6.45) is 1.48. The summed E-state index contributed by atoms with van der Waals surface area (Å²) >= 11 is 0. The van der Waals surface area contributed by atoms with Crippen LogP contribution in [0.25, 0.3) is 10.9 Å². The van der Waals surface area contributed by atoms with Gasteiger partial charge >= 0.3 is 0 Å². The Labute approximate surface area is 137 Å². The normalized spacial score (nSPS) is 12.4. The van der Waals surface area contributed by atoms with Crippen LogP contribution in [0, 0.1) is 0 Å². The van der Waals surface area contributed by atoms with E-state index in [1.807, 2.05) is 0 Å². The number of hydrogen-bond donors (Lipinski definition) is 1. The molecular formula is C18H13NO5. The number of rotatable bonds is 3. The van der Waals surface area contributed by atoms with Gasteiger partial charge in [0.2, 0.25) is 6.79 Å². The third kappa shape index (κ3) is 2.28. The summed E-state index contributed by atoms with van der Waals surface area (Å²) in [6.45, 7) is 0.176. The molecule has 1 aliphatic rings. The second-order valence-corrected chi connectivity index (χ2v) is 5.33. The Balaban J connectivity index is 1.79. The molecule has 0 fully saturated rings. The van der Waals surface area contributed by atoms with Crippen molar-refractivity contribution < 1.29 is 24.1 Å². The van der Waals surface area contributed by atoms with Crippen molar-refractivity contribution in [3.8, 4) is 23.0 Å². The molecule has 6 heteroatoms. The minimum atomic E-state index is -0.335. The van der Waals surface area contributed by atoms with Crippen molar-refractivity contribution in [1.29, 1.82) is 0 Å². The number of phenolic OH excluding ortho intramolecular Hbond substituents is 1. The van der Waals surface area contributed by atoms with Crippen molar-refractivity contribution >= 4 is 16.7 Å². The summed E-state index contributed by atoms with van der Waals surface area (Å²) in [5.74, 6) is 1.32. The number of carbonyl (C=O) groups excluding carboxylic acids is 1. The summed E-state index contributed by atoms with van der Waals surface area (Å²) in [5.41, 5.74) is 1.23. The fourth-order valence-corrected chi connectivity index (χ4v) is 2.62. The molecule has 6 nitrogen and oxygen atoms in total. The van der Waals surface area contributed by atoms with Crippen molar-refractivity contribution in [2.24, 2.45) is 0 Å². The third-order valence-corrected chi connectivity index (χ3v) is 3.89. The Hall–Kier alpha value is -3.28. The van der Waals surface area contributed by atoms with Gasteiger partial charge in [0.1, 0.15) is 11.5 Å². The zero-order valence-electron chi connectivity index (χ0n) is 12.8. The lowest BCUT2D eigenvalue weighted by Gasteiger charge is -2.07. The van der Waals surface area contributed by atoms with E-state index in [-0.39, 0.29) is 23.9 Å². The average Bonchev–Trinajstić information content (AvgIpc) is 3.06. The maximum Gasteiger partial charge on any atom is 0.231 e. The lowest BCUT2D eigenvalue weighted by Crippen LogP contribution is -2.03. The molecule has 0 atom stereocenters. The standard InChI is InChI=1S/C18H13NO5/c1-22-12-2-3-15(20)13(6-12)18(21)11-4-10-5-16-17(24-9-23-16)7-14(10)19-8-11/h2-8,20H,9H2,1H3. The maximum atomic E-state index is 12.7. The highest BCUT2D eigenvalue weighted by molar-refractivity contribution is 6.12. The lowest BCUT2D eigenvalue weighted by molar-refractivity contribution is 0.103. The van der Waals surface area contributed by atoms with Gasteiger partial charge in [-0.25, -0.2) is 0 Å². The zero-order chi connectivity index (χ0) is 16.7. The van der Waals surface area contributed by atoms with E-state index in [0.717, 1.165) is 5.39 Å². The van der Waals surface area contributed by atoms with Gasteiger partial charge < -0.3 is 19.3 Å². The topological polar surface area (TPSA) is 77.9 Å². The molecule has 2 heterocycles. The highest BCUT2D eigenvalue weighted by Gasteiger charge is 2.18. The Bertz CT molecular complexity index is 967. The number of ether oxygens (including phenoxy) is 3. The van der Waals surface area contributed by atoms with Gasteiger partial charge in [-0.1, -0.05) is 0 Å². The number of methoxy groups -OCH3 is 1. The summed E-state index contributed by atoms with van der Waals surface area (Å²) in [5, 5.41) is 10.7. The monoisotopic (exact) mass is 323 g/mol. The number of benzene rings is 2. The first-order valence-corrected chi connectivity index (χ1v) is 7.27. The first-order chi connectivity index (χ1) is 11.7. The van der Waals surface area contributed by atoms with Crippen LogP contribution in [0.15, 0.2) is 42.6 Å². The van der Waals surface area contributed by atoms with Gasteiger partial charge in [-0.3, -0.25) is 9.78 Å². The molecule has 120 valence electrons. The van der Waals surface area contributed by atoms with Crippen LogP contribution >= 0.6 is 0 Å². The molecule has 0 saturated carbocycles. The minimum absolute atomic E-state index is 0.105. The van der Waals surface area contributed by atoms with E-state index < -0.39 is 0 Å². The predicted molar refractivity (Wildman–Crippen MR) is 86.0 cm³/mol. The first kappa shape index (κ1) is 14.3.